The third kappa shape index (κ3) is 4.87. The maximum absolute atomic E-state index is 13.0. The average Bonchev–Trinajstić information content (AvgIpc) is 2.68. The number of amides is 1. The fourth-order valence-electron chi connectivity index (χ4n) is 3.84. The van der Waals surface area contributed by atoms with Crippen LogP contribution in [-0.2, 0) is 10.0 Å². The van der Waals surface area contributed by atoms with Gasteiger partial charge in [0.2, 0.25) is 10.0 Å². The molecule has 3 rings (SSSR count). The fourth-order valence-corrected chi connectivity index (χ4v) is 5.36. The van der Waals surface area contributed by atoms with E-state index >= 15 is 0 Å². The van der Waals surface area contributed by atoms with Crippen molar-refractivity contribution in [2.45, 2.75) is 51.5 Å². The van der Waals surface area contributed by atoms with E-state index in [0.717, 1.165) is 24.0 Å². The normalized spacial score (nSPS) is 17.1. The standard InChI is InChI=1S/C23H30N2O3S/c1-16-10-12-25(13-11-16)29(27,28)21-7-5-6-20(15-21)23(26)24-19(4)22-9-8-17(2)14-18(22)3/h5-9,14-16,19H,10-13H2,1-4H3,(H,24,26). The number of benzene rings is 2. The minimum absolute atomic E-state index is 0.174. The summed E-state index contributed by atoms with van der Waals surface area (Å²) in [4.78, 5) is 13.0. The molecule has 0 saturated carbocycles. The smallest absolute Gasteiger partial charge is 0.251 e. The number of sulfonamides is 1. The molecular formula is C23H30N2O3S. The number of nitrogens with one attached hydrogen (secondary N) is 1. The van der Waals surface area contributed by atoms with E-state index in [9.17, 15) is 13.2 Å². The molecule has 1 fully saturated rings. The van der Waals surface area contributed by atoms with Gasteiger partial charge in [0.1, 0.15) is 0 Å². The van der Waals surface area contributed by atoms with Crippen molar-refractivity contribution in [3.05, 3.63) is 64.7 Å². The first kappa shape index (κ1) is 21.5. The number of carbonyl (C=O) groups excluding carboxylic acids is 1. The second kappa shape index (κ2) is 8.67. The highest BCUT2D eigenvalue weighted by molar-refractivity contribution is 7.89. The lowest BCUT2D eigenvalue weighted by Crippen LogP contribution is -2.38. The Hall–Kier alpha value is -2.18. The number of carbonyl (C=O) groups is 1. The average molecular weight is 415 g/mol. The van der Waals surface area contributed by atoms with Crippen LogP contribution in [0.1, 0.15) is 59.8 Å². The summed E-state index contributed by atoms with van der Waals surface area (Å²) >= 11 is 0. The minimum atomic E-state index is -3.58. The summed E-state index contributed by atoms with van der Waals surface area (Å²) < 4.78 is 27.5. The van der Waals surface area contributed by atoms with Crippen LogP contribution in [-0.4, -0.2) is 31.7 Å². The number of hydrogen-bond acceptors (Lipinski definition) is 3. The zero-order valence-corrected chi connectivity index (χ0v) is 18.4. The Bertz CT molecular complexity index is 993. The number of aryl methyl sites for hydroxylation is 2. The van der Waals surface area contributed by atoms with Crippen molar-refractivity contribution in [3.63, 3.8) is 0 Å². The van der Waals surface area contributed by atoms with Gasteiger partial charge in [-0.05, 0) is 68.9 Å². The van der Waals surface area contributed by atoms with Crippen LogP contribution in [0.4, 0.5) is 0 Å². The monoisotopic (exact) mass is 414 g/mol. The third-order valence-electron chi connectivity index (χ3n) is 5.72. The number of rotatable bonds is 5. The van der Waals surface area contributed by atoms with Gasteiger partial charge in [0.25, 0.3) is 5.91 Å². The maximum Gasteiger partial charge on any atom is 0.251 e. The quantitative estimate of drug-likeness (QED) is 0.797. The van der Waals surface area contributed by atoms with Crippen LogP contribution in [0.5, 0.6) is 0 Å². The molecule has 1 amide bonds. The first-order valence-corrected chi connectivity index (χ1v) is 11.6. The molecule has 1 saturated heterocycles. The van der Waals surface area contributed by atoms with Gasteiger partial charge in [-0.2, -0.15) is 4.31 Å². The van der Waals surface area contributed by atoms with Crippen molar-refractivity contribution >= 4 is 15.9 Å². The highest BCUT2D eigenvalue weighted by Crippen LogP contribution is 2.24. The molecule has 0 bridgehead atoms. The summed E-state index contributed by atoms with van der Waals surface area (Å²) in [5.41, 5.74) is 3.70. The lowest BCUT2D eigenvalue weighted by molar-refractivity contribution is 0.0939. The van der Waals surface area contributed by atoms with Crippen LogP contribution in [0.2, 0.25) is 0 Å². The topological polar surface area (TPSA) is 66.5 Å². The Balaban J connectivity index is 1.77. The Morgan fingerprint density at radius 1 is 1.10 bits per heavy atom. The Morgan fingerprint density at radius 3 is 2.45 bits per heavy atom. The minimum Gasteiger partial charge on any atom is -0.346 e. The van der Waals surface area contributed by atoms with Crippen molar-refractivity contribution in [2.75, 3.05) is 13.1 Å². The Labute approximate surface area is 174 Å². The van der Waals surface area contributed by atoms with Gasteiger partial charge < -0.3 is 5.32 Å². The van der Waals surface area contributed by atoms with E-state index < -0.39 is 10.0 Å². The molecule has 1 unspecified atom stereocenters. The van der Waals surface area contributed by atoms with Crippen LogP contribution < -0.4 is 5.32 Å². The molecule has 2 aromatic rings. The molecule has 1 aliphatic rings. The molecule has 1 N–H and O–H groups in total. The summed E-state index contributed by atoms with van der Waals surface area (Å²) in [5, 5.41) is 2.99. The molecule has 156 valence electrons. The van der Waals surface area contributed by atoms with Gasteiger partial charge in [0.15, 0.2) is 0 Å². The zero-order chi connectivity index (χ0) is 21.2. The van der Waals surface area contributed by atoms with Gasteiger partial charge in [0.05, 0.1) is 10.9 Å². The summed E-state index contributed by atoms with van der Waals surface area (Å²) in [6.45, 7) is 9.21. The third-order valence-corrected chi connectivity index (χ3v) is 7.61. The predicted molar refractivity (Wildman–Crippen MR) is 115 cm³/mol. The van der Waals surface area contributed by atoms with E-state index in [0.29, 0.717) is 24.6 Å². The molecule has 0 aromatic heterocycles. The second-order valence-corrected chi connectivity index (χ2v) is 10.1. The van der Waals surface area contributed by atoms with E-state index in [-0.39, 0.29) is 16.8 Å². The number of piperidine rings is 1. The molecule has 1 atom stereocenters. The predicted octanol–water partition coefficient (Wildman–Crippen LogP) is 4.22. The van der Waals surface area contributed by atoms with Crippen molar-refractivity contribution in [1.29, 1.82) is 0 Å². The highest BCUT2D eigenvalue weighted by Gasteiger charge is 2.28. The van der Waals surface area contributed by atoms with Crippen LogP contribution in [0, 0.1) is 19.8 Å². The zero-order valence-electron chi connectivity index (χ0n) is 17.6. The Morgan fingerprint density at radius 2 is 1.79 bits per heavy atom. The summed E-state index contributed by atoms with van der Waals surface area (Å²) in [6, 6.07) is 12.3. The Kier molecular flexibility index (Phi) is 6.44. The van der Waals surface area contributed by atoms with Crippen molar-refractivity contribution in [2.24, 2.45) is 5.92 Å². The van der Waals surface area contributed by atoms with Gasteiger partial charge in [-0.25, -0.2) is 8.42 Å². The van der Waals surface area contributed by atoms with E-state index in [1.165, 1.54) is 15.9 Å². The first-order valence-electron chi connectivity index (χ1n) is 10.2. The van der Waals surface area contributed by atoms with Crippen LogP contribution in [0.15, 0.2) is 47.4 Å². The molecular weight excluding hydrogens is 384 g/mol. The summed E-state index contributed by atoms with van der Waals surface area (Å²) in [5.74, 6) is 0.270. The highest BCUT2D eigenvalue weighted by atomic mass is 32.2. The number of hydrogen-bond donors (Lipinski definition) is 1. The molecule has 0 radical (unpaired) electrons. The van der Waals surface area contributed by atoms with Gasteiger partial charge in [-0.1, -0.05) is 36.8 Å². The molecule has 5 nitrogen and oxygen atoms in total. The van der Waals surface area contributed by atoms with E-state index in [1.807, 2.05) is 32.9 Å². The summed E-state index contributed by atoms with van der Waals surface area (Å²) in [7, 11) is -3.58. The molecule has 29 heavy (non-hydrogen) atoms. The van der Waals surface area contributed by atoms with Gasteiger partial charge in [-0.3, -0.25) is 4.79 Å². The van der Waals surface area contributed by atoms with Crippen LogP contribution in [0.3, 0.4) is 0 Å². The van der Waals surface area contributed by atoms with Crippen LogP contribution >= 0.6 is 0 Å². The van der Waals surface area contributed by atoms with Gasteiger partial charge >= 0.3 is 0 Å². The number of nitrogens with zero attached hydrogens (tertiary/aromatic N) is 1. The molecule has 1 heterocycles. The van der Waals surface area contributed by atoms with Crippen molar-refractivity contribution < 1.29 is 13.2 Å². The molecule has 6 heteroatoms. The molecule has 0 aliphatic carbocycles. The maximum atomic E-state index is 13.0. The summed E-state index contributed by atoms with van der Waals surface area (Å²) in [6.07, 6.45) is 1.74. The van der Waals surface area contributed by atoms with Gasteiger partial charge in [-0.15, -0.1) is 0 Å². The lowest BCUT2D eigenvalue weighted by atomic mass is 10.00. The van der Waals surface area contributed by atoms with Crippen LogP contribution in [0.25, 0.3) is 0 Å². The fraction of sp³-hybridized carbons (Fsp3) is 0.435. The lowest BCUT2D eigenvalue weighted by Gasteiger charge is -2.29. The molecule has 1 aliphatic heterocycles. The van der Waals surface area contributed by atoms with E-state index in [2.05, 4.69) is 18.3 Å². The SMILES string of the molecule is Cc1ccc(C(C)NC(=O)c2cccc(S(=O)(=O)N3CCC(C)CC3)c2)c(C)c1. The van der Waals surface area contributed by atoms with E-state index in [1.54, 1.807) is 18.2 Å². The largest absolute Gasteiger partial charge is 0.346 e. The first-order chi connectivity index (χ1) is 13.7. The van der Waals surface area contributed by atoms with Crippen molar-refractivity contribution in [3.8, 4) is 0 Å². The van der Waals surface area contributed by atoms with Gasteiger partial charge in [0, 0.05) is 18.7 Å². The molecule has 2 aromatic carbocycles. The van der Waals surface area contributed by atoms with Crippen molar-refractivity contribution in [1.82, 2.24) is 9.62 Å². The second-order valence-electron chi connectivity index (χ2n) is 8.17. The van der Waals surface area contributed by atoms with E-state index in [4.69, 9.17) is 0 Å². The molecule has 0 spiro atoms.